The van der Waals surface area contributed by atoms with Crippen LogP contribution in [0.1, 0.15) is 28.3 Å². The highest BCUT2D eigenvalue weighted by atomic mass is 79.9. The third kappa shape index (κ3) is 3.54. The monoisotopic (exact) mass is 422 g/mol. The number of benzene rings is 1. The maximum absolute atomic E-state index is 6.55. The van der Waals surface area contributed by atoms with Gasteiger partial charge in [-0.1, -0.05) is 6.07 Å². The third-order valence-electron chi connectivity index (χ3n) is 2.67. The Labute approximate surface area is 139 Å². The lowest BCUT2D eigenvalue weighted by Gasteiger charge is -2.11. The fourth-order valence-electron chi connectivity index (χ4n) is 1.72. The molecule has 0 spiro atoms. The fraction of sp³-hybridized carbons (Fsp3) is 0.286. The second-order valence-electron chi connectivity index (χ2n) is 4.09. The summed E-state index contributed by atoms with van der Waals surface area (Å²) in [5, 5.41) is -0.137. The van der Waals surface area contributed by atoms with E-state index in [0.717, 1.165) is 24.4 Å². The number of hydrogen-bond donors (Lipinski definition) is 0. The summed E-state index contributed by atoms with van der Waals surface area (Å²) in [4.78, 5) is 1.14. The highest BCUT2D eigenvalue weighted by Crippen LogP contribution is 2.39. The first-order valence-electron chi connectivity index (χ1n) is 5.85. The van der Waals surface area contributed by atoms with Crippen LogP contribution in [0.5, 0.6) is 5.75 Å². The van der Waals surface area contributed by atoms with Gasteiger partial charge in [0.1, 0.15) is 5.75 Å². The Balaban J connectivity index is 2.28. The molecule has 2 aromatic rings. The van der Waals surface area contributed by atoms with Gasteiger partial charge in [0.25, 0.3) is 0 Å². The van der Waals surface area contributed by atoms with Crippen LogP contribution < -0.4 is 4.74 Å². The summed E-state index contributed by atoms with van der Waals surface area (Å²) in [5.41, 5.74) is 2.28. The Kier molecular flexibility index (Phi) is 5.35. The summed E-state index contributed by atoms with van der Waals surface area (Å²) in [6.07, 6.45) is 0. The number of rotatable bonds is 4. The van der Waals surface area contributed by atoms with E-state index in [0.29, 0.717) is 6.61 Å². The van der Waals surface area contributed by atoms with Crippen molar-refractivity contribution in [1.82, 2.24) is 0 Å². The van der Waals surface area contributed by atoms with Gasteiger partial charge in [-0.25, -0.2) is 0 Å². The minimum atomic E-state index is -0.137. The van der Waals surface area contributed by atoms with Gasteiger partial charge in [0, 0.05) is 4.88 Å². The number of hydrogen-bond acceptors (Lipinski definition) is 2. The fourth-order valence-corrected chi connectivity index (χ4v) is 4.14. The standard InChI is InChI=1S/C14H13Br2ClOS/c1-3-18-11-5-4-9(7-10(11)15)13(17)12-6-8(2)14(16)19-12/h4-7,13H,3H2,1-2H3. The molecule has 5 heteroatoms. The summed E-state index contributed by atoms with van der Waals surface area (Å²) in [5.74, 6) is 0.846. The Hall–Kier alpha value is -0.0300. The van der Waals surface area contributed by atoms with Gasteiger partial charge in [-0.05, 0) is 75.0 Å². The molecule has 0 aliphatic heterocycles. The van der Waals surface area contributed by atoms with Crippen molar-refractivity contribution in [3.05, 3.63) is 48.5 Å². The SMILES string of the molecule is CCOc1ccc(C(Cl)c2cc(C)c(Br)s2)cc1Br. The molecule has 1 unspecified atom stereocenters. The normalized spacial score (nSPS) is 12.5. The van der Waals surface area contributed by atoms with E-state index in [1.54, 1.807) is 11.3 Å². The maximum Gasteiger partial charge on any atom is 0.133 e. The quantitative estimate of drug-likeness (QED) is 0.523. The van der Waals surface area contributed by atoms with Gasteiger partial charge in [0.2, 0.25) is 0 Å². The van der Waals surface area contributed by atoms with Gasteiger partial charge in [-0.3, -0.25) is 0 Å². The molecule has 0 amide bonds. The molecule has 0 saturated heterocycles. The number of alkyl halides is 1. The van der Waals surface area contributed by atoms with Crippen LogP contribution in [0.3, 0.4) is 0 Å². The minimum Gasteiger partial charge on any atom is -0.493 e. The zero-order valence-electron chi connectivity index (χ0n) is 10.5. The van der Waals surface area contributed by atoms with Gasteiger partial charge in [-0.2, -0.15) is 0 Å². The average molecular weight is 425 g/mol. The number of halogens is 3. The van der Waals surface area contributed by atoms with E-state index < -0.39 is 0 Å². The highest BCUT2D eigenvalue weighted by Gasteiger charge is 2.16. The predicted octanol–water partition coefficient (Wildman–Crippen LogP) is 6.31. The molecular weight excluding hydrogens is 411 g/mol. The van der Waals surface area contributed by atoms with Gasteiger partial charge in [0.15, 0.2) is 0 Å². The Bertz CT molecular complexity index is 563. The van der Waals surface area contributed by atoms with Gasteiger partial charge >= 0.3 is 0 Å². The zero-order valence-corrected chi connectivity index (χ0v) is 15.3. The van der Waals surface area contributed by atoms with E-state index in [1.165, 1.54) is 5.56 Å². The number of thiophene rings is 1. The molecule has 0 aliphatic carbocycles. The smallest absolute Gasteiger partial charge is 0.133 e. The topological polar surface area (TPSA) is 9.23 Å². The van der Waals surface area contributed by atoms with E-state index in [-0.39, 0.29) is 5.38 Å². The molecule has 0 saturated carbocycles. The summed E-state index contributed by atoms with van der Waals surface area (Å²) < 4.78 is 7.58. The van der Waals surface area contributed by atoms with Crippen molar-refractivity contribution >= 4 is 54.8 Å². The molecule has 1 aromatic heterocycles. The van der Waals surface area contributed by atoms with E-state index in [1.807, 2.05) is 25.1 Å². The average Bonchev–Trinajstić information content (AvgIpc) is 2.71. The van der Waals surface area contributed by atoms with Gasteiger partial charge in [0.05, 0.1) is 20.2 Å². The van der Waals surface area contributed by atoms with Crippen LogP contribution in [0.2, 0.25) is 0 Å². The van der Waals surface area contributed by atoms with Crippen molar-refractivity contribution in [3.8, 4) is 5.75 Å². The second-order valence-corrected chi connectivity index (χ2v) is 7.78. The molecule has 0 radical (unpaired) electrons. The van der Waals surface area contributed by atoms with E-state index in [2.05, 4.69) is 44.8 Å². The summed E-state index contributed by atoms with van der Waals surface area (Å²) in [7, 11) is 0. The van der Waals surface area contributed by atoms with Gasteiger partial charge < -0.3 is 4.74 Å². The highest BCUT2D eigenvalue weighted by molar-refractivity contribution is 9.11. The first kappa shape index (κ1) is 15.4. The van der Waals surface area contributed by atoms with Crippen LogP contribution in [0.15, 0.2) is 32.5 Å². The van der Waals surface area contributed by atoms with Crippen LogP contribution in [0, 0.1) is 6.92 Å². The Morgan fingerprint density at radius 2 is 2.05 bits per heavy atom. The molecule has 19 heavy (non-hydrogen) atoms. The molecule has 2 rings (SSSR count). The van der Waals surface area contributed by atoms with Crippen LogP contribution in [-0.4, -0.2) is 6.61 Å². The number of aryl methyl sites for hydroxylation is 1. The molecular formula is C14H13Br2ClOS. The van der Waals surface area contributed by atoms with Crippen LogP contribution in [0.4, 0.5) is 0 Å². The predicted molar refractivity (Wildman–Crippen MR) is 89.8 cm³/mol. The molecule has 0 bridgehead atoms. The lowest BCUT2D eigenvalue weighted by molar-refractivity contribution is 0.338. The molecule has 0 fully saturated rings. The molecule has 0 aliphatic rings. The van der Waals surface area contributed by atoms with Gasteiger partial charge in [-0.15, -0.1) is 22.9 Å². The summed E-state index contributed by atoms with van der Waals surface area (Å²) in [6.45, 7) is 4.69. The third-order valence-corrected chi connectivity index (χ3v) is 6.11. The van der Waals surface area contributed by atoms with Crippen LogP contribution in [0.25, 0.3) is 0 Å². The lowest BCUT2D eigenvalue weighted by atomic mass is 10.1. The van der Waals surface area contributed by atoms with E-state index >= 15 is 0 Å². The maximum atomic E-state index is 6.55. The number of ether oxygens (including phenoxy) is 1. The largest absolute Gasteiger partial charge is 0.493 e. The molecule has 102 valence electrons. The Morgan fingerprint density at radius 1 is 1.32 bits per heavy atom. The van der Waals surface area contributed by atoms with Crippen LogP contribution >= 0.6 is 54.8 Å². The molecule has 1 atom stereocenters. The van der Waals surface area contributed by atoms with Crippen molar-refractivity contribution in [3.63, 3.8) is 0 Å². The molecule has 1 heterocycles. The zero-order chi connectivity index (χ0) is 14.0. The Morgan fingerprint density at radius 3 is 2.58 bits per heavy atom. The lowest BCUT2D eigenvalue weighted by Crippen LogP contribution is -1.95. The van der Waals surface area contributed by atoms with Crippen molar-refractivity contribution in [2.24, 2.45) is 0 Å². The van der Waals surface area contributed by atoms with Crippen molar-refractivity contribution < 1.29 is 4.74 Å². The van der Waals surface area contributed by atoms with Crippen molar-refractivity contribution in [2.45, 2.75) is 19.2 Å². The van der Waals surface area contributed by atoms with Crippen molar-refractivity contribution in [2.75, 3.05) is 6.61 Å². The van der Waals surface area contributed by atoms with E-state index in [4.69, 9.17) is 16.3 Å². The molecule has 1 aromatic carbocycles. The first-order valence-corrected chi connectivity index (χ1v) is 8.69. The molecule has 0 N–H and O–H groups in total. The van der Waals surface area contributed by atoms with Crippen molar-refractivity contribution in [1.29, 1.82) is 0 Å². The van der Waals surface area contributed by atoms with Crippen LogP contribution in [-0.2, 0) is 0 Å². The summed E-state index contributed by atoms with van der Waals surface area (Å²) in [6, 6.07) is 8.10. The molecule has 1 nitrogen and oxygen atoms in total. The van der Waals surface area contributed by atoms with E-state index in [9.17, 15) is 0 Å². The first-order chi connectivity index (χ1) is 9.02. The summed E-state index contributed by atoms with van der Waals surface area (Å²) >= 11 is 15.3. The second kappa shape index (κ2) is 6.61. The minimum absolute atomic E-state index is 0.137.